The highest BCUT2D eigenvalue weighted by molar-refractivity contribution is 7.17. The van der Waals surface area contributed by atoms with Gasteiger partial charge in [0.15, 0.2) is 23.9 Å². The van der Waals surface area contributed by atoms with E-state index in [1.165, 1.54) is 7.11 Å². The van der Waals surface area contributed by atoms with E-state index in [9.17, 15) is 23.7 Å². The number of ether oxygens (including phenoxy) is 5. The molecule has 0 spiro atoms. The predicted octanol–water partition coefficient (Wildman–Crippen LogP) is 6.97. The van der Waals surface area contributed by atoms with Crippen LogP contribution in [0.2, 0.25) is 0 Å². The van der Waals surface area contributed by atoms with E-state index in [1.807, 2.05) is 0 Å². The Balaban J connectivity index is 1.63. The lowest BCUT2D eigenvalue weighted by Gasteiger charge is -2.32. The normalized spacial score (nSPS) is 13.2. The highest BCUT2D eigenvalue weighted by Crippen LogP contribution is 2.34. The zero-order valence-corrected chi connectivity index (χ0v) is 32.7. The molecule has 2 aromatic heterocycles. The fraction of sp³-hybridized carbons (Fsp3) is 0.528. The number of carbonyl (C=O) groups is 4. The van der Waals surface area contributed by atoms with Crippen LogP contribution >= 0.6 is 8.69 Å². The summed E-state index contributed by atoms with van der Waals surface area (Å²) in [6.07, 6.45) is 2.12. The second-order valence-corrected chi connectivity index (χ2v) is 15.4. The Kier molecular flexibility index (Phi) is 14.3. The molecule has 2 N–H and O–H groups in total. The molecule has 0 fully saturated rings. The Morgan fingerprint density at radius 3 is 2.11 bits per heavy atom. The van der Waals surface area contributed by atoms with E-state index in [-0.39, 0.29) is 36.6 Å². The second-order valence-electron chi connectivity index (χ2n) is 15.1. The van der Waals surface area contributed by atoms with Crippen molar-refractivity contribution in [3.63, 3.8) is 0 Å². The number of rotatable bonds is 15. The molecule has 3 aromatic rings. The summed E-state index contributed by atoms with van der Waals surface area (Å²) in [5.74, 6) is -2.96. The quantitative estimate of drug-likeness (QED) is 0.0528. The first-order valence-electron chi connectivity index (χ1n) is 16.8. The number of urea groups is 1. The predicted molar refractivity (Wildman–Crippen MR) is 194 cm³/mol. The summed E-state index contributed by atoms with van der Waals surface area (Å²) >= 11 is 0. The van der Waals surface area contributed by atoms with Gasteiger partial charge in [0.05, 0.1) is 35.2 Å². The van der Waals surface area contributed by atoms with Crippen LogP contribution in [0.15, 0.2) is 36.5 Å². The van der Waals surface area contributed by atoms with Gasteiger partial charge in [-0.25, -0.2) is 23.9 Å². The molecule has 0 aliphatic carbocycles. The molecule has 17 heteroatoms. The number of hydrogen-bond acceptors (Lipinski definition) is 14. The number of unbranched alkanes of at least 4 members (excludes halogenated alkanes) is 1. The minimum Gasteiger partial charge on any atom is -0.493 e. The van der Waals surface area contributed by atoms with E-state index in [2.05, 4.69) is 25.6 Å². The largest absolute Gasteiger partial charge is 0.493 e. The van der Waals surface area contributed by atoms with Crippen molar-refractivity contribution in [3.05, 3.63) is 36.5 Å². The molecule has 288 valence electrons. The third kappa shape index (κ3) is 12.7. The summed E-state index contributed by atoms with van der Waals surface area (Å²) in [5, 5.41) is 5.38. The maximum Gasteiger partial charge on any atom is 0.342 e. The maximum atomic E-state index is 12.7. The molecular formula is C36H48N5O11P. The first-order chi connectivity index (χ1) is 24.7. The molecule has 0 aliphatic heterocycles. The molecule has 0 aliphatic rings. The van der Waals surface area contributed by atoms with Crippen LogP contribution in [0.25, 0.3) is 22.4 Å². The van der Waals surface area contributed by atoms with Gasteiger partial charge < -0.3 is 24.3 Å². The monoisotopic (exact) mass is 757 g/mol. The van der Waals surface area contributed by atoms with Crippen molar-refractivity contribution in [3.8, 4) is 22.8 Å². The Morgan fingerprint density at radius 1 is 0.811 bits per heavy atom. The van der Waals surface area contributed by atoms with Gasteiger partial charge in [0.2, 0.25) is 0 Å². The van der Waals surface area contributed by atoms with E-state index in [0.29, 0.717) is 28.9 Å². The molecule has 2 amide bonds. The van der Waals surface area contributed by atoms with Crippen LogP contribution in [0.1, 0.15) is 81.6 Å². The highest BCUT2D eigenvalue weighted by atomic mass is 31.1. The minimum atomic E-state index is -2.12. The van der Waals surface area contributed by atoms with Crippen molar-refractivity contribution in [1.29, 1.82) is 0 Å². The Bertz CT molecular complexity index is 1800. The fourth-order valence-electron chi connectivity index (χ4n) is 4.08. The number of nitrogens with one attached hydrogen (secondary N) is 2. The molecule has 53 heavy (non-hydrogen) atoms. The van der Waals surface area contributed by atoms with Gasteiger partial charge in [0, 0.05) is 18.5 Å². The van der Waals surface area contributed by atoms with Crippen LogP contribution in [0.4, 0.5) is 10.6 Å². The lowest BCUT2D eigenvalue weighted by Crippen LogP contribution is -2.43. The van der Waals surface area contributed by atoms with Crippen LogP contribution in [0.3, 0.4) is 0 Å². The number of amides is 2. The number of anilines is 1. The average molecular weight is 758 g/mol. The molecule has 1 unspecified atom stereocenters. The van der Waals surface area contributed by atoms with Crippen molar-refractivity contribution < 1.29 is 52.0 Å². The van der Waals surface area contributed by atoms with Gasteiger partial charge in [0.1, 0.15) is 11.3 Å². The first-order valence-corrected chi connectivity index (χ1v) is 17.6. The van der Waals surface area contributed by atoms with E-state index >= 15 is 0 Å². The zero-order chi connectivity index (χ0) is 39.6. The van der Waals surface area contributed by atoms with Crippen molar-refractivity contribution in [1.82, 2.24) is 20.3 Å². The number of fused-ring (bicyclic) bond motifs is 1. The average Bonchev–Trinajstić information content (AvgIpc) is 3.06. The summed E-state index contributed by atoms with van der Waals surface area (Å²) in [6, 6.07) is 7.71. The number of carbonyl (C=O) groups excluding carboxylic acids is 4. The SMILES string of the molecule is COc1cc(-c2cnc3ccc(NC(=O)NCCCCC(OCOC(=O)C(C)(C)C)(OP=O)OC(=O)C(C)(C)C)nc3n2)ccc1OC(=O)C(C)(C)C. The van der Waals surface area contributed by atoms with E-state index < -0.39 is 61.6 Å². The van der Waals surface area contributed by atoms with Crippen molar-refractivity contribution >= 4 is 49.6 Å². The highest BCUT2D eigenvalue weighted by Gasteiger charge is 2.41. The number of pyridine rings is 1. The van der Waals surface area contributed by atoms with Gasteiger partial charge >= 0.3 is 38.6 Å². The molecule has 2 heterocycles. The molecule has 1 atom stereocenters. The smallest absolute Gasteiger partial charge is 0.342 e. The number of hydrogen-bond donors (Lipinski definition) is 2. The van der Waals surface area contributed by atoms with Gasteiger partial charge in [-0.15, -0.1) is 0 Å². The zero-order valence-electron chi connectivity index (χ0n) is 31.8. The maximum absolute atomic E-state index is 12.7. The molecule has 16 nitrogen and oxygen atoms in total. The van der Waals surface area contributed by atoms with Crippen LogP contribution in [-0.4, -0.2) is 65.3 Å². The minimum absolute atomic E-state index is 0.0929. The molecular weight excluding hydrogens is 709 g/mol. The molecule has 1 aromatic carbocycles. The standard InChI is InChI=1S/C36H48N5O11P/c1-33(2,3)29(42)48-21-49-36(52-53-46,51-31(44)35(7,8)9)17-11-12-18-37-32(45)41-27-16-14-23-28(40-27)39-24(20-38-23)22-13-15-25(26(19-22)47-10)50-30(43)34(4,5)6/h13-16,19-20H,11-12,17-18,21H2,1-10H3,(H2,37,39,40,41,45). The lowest BCUT2D eigenvalue weighted by molar-refractivity contribution is -0.348. The Labute approximate surface area is 310 Å². The second kappa shape index (κ2) is 17.8. The molecule has 0 saturated carbocycles. The van der Waals surface area contributed by atoms with Gasteiger partial charge in [-0.3, -0.25) is 29.4 Å². The van der Waals surface area contributed by atoms with Crippen molar-refractivity contribution in [2.75, 3.05) is 25.8 Å². The molecule has 0 bridgehead atoms. The van der Waals surface area contributed by atoms with Crippen LogP contribution in [0, 0.1) is 16.2 Å². The van der Waals surface area contributed by atoms with Crippen LogP contribution in [0.5, 0.6) is 11.5 Å². The third-order valence-corrected chi connectivity index (χ3v) is 7.59. The molecule has 0 saturated heterocycles. The Morgan fingerprint density at radius 2 is 1.49 bits per heavy atom. The van der Waals surface area contributed by atoms with Gasteiger partial charge in [-0.2, -0.15) is 0 Å². The number of aromatic nitrogens is 3. The van der Waals surface area contributed by atoms with Crippen LogP contribution < -0.4 is 20.1 Å². The Hall–Kier alpha value is -4.79. The first kappa shape index (κ1) is 42.6. The summed E-state index contributed by atoms with van der Waals surface area (Å²) in [5.41, 5.74) is -0.592. The number of esters is 3. The van der Waals surface area contributed by atoms with E-state index in [0.717, 1.165) is 0 Å². The van der Waals surface area contributed by atoms with Crippen LogP contribution in [-0.2, 0) is 37.7 Å². The summed E-state index contributed by atoms with van der Waals surface area (Å²) in [4.78, 5) is 63.5. The lowest BCUT2D eigenvalue weighted by atomic mass is 9.97. The van der Waals surface area contributed by atoms with Crippen molar-refractivity contribution in [2.24, 2.45) is 16.2 Å². The molecule has 0 radical (unpaired) electrons. The van der Waals surface area contributed by atoms with Gasteiger partial charge in [-0.05, 0) is 105 Å². The van der Waals surface area contributed by atoms with E-state index in [1.54, 1.807) is 98.8 Å². The molecule has 3 rings (SSSR count). The number of benzene rings is 1. The number of nitrogens with zero attached hydrogens (tertiary/aromatic N) is 3. The summed E-state index contributed by atoms with van der Waals surface area (Å²) < 4.78 is 43.9. The van der Waals surface area contributed by atoms with Gasteiger partial charge in [-0.1, -0.05) is 0 Å². The summed E-state index contributed by atoms with van der Waals surface area (Å²) in [6.45, 7) is 14.7. The topological polar surface area (TPSA) is 203 Å². The van der Waals surface area contributed by atoms with Gasteiger partial charge in [0.25, 0.3) is 0 Å². The third-order valence-electron chi connectivity index (χ3n) is 7.24. The van der Waals surface area contributed by atoms with E-state index in [4.69, 9.17) is 28.2 Å². The van der Waals surface area contributed by atoms with Crippen molar-refractivity contribution in [2.45, 2.75) is 87.5 Å². The number of methoxy groups -OCH3 is 1. The fourth-order valence-corrected chi connectivity index (χ4v) is 4.38. The summed E-state index contributed by atoms with van der Waals surface area (Å²) in [7, 11) is 0.636.